The maximum absolute atomic E-state index is 11.2. The topological polar surface area (TPSA) is 55.3 Å². The van der Waals surface area contributed by atoms with E-state index in [2.05, 4.69) is 9.97 Å². The van der Waals surface area contributed by atoms with Crippen LogP contribution in [-0.2, 0) is 11.3 Å². The zero-order valence-corrected chi connectivity index (χ0v) is 7.23. The molecule has 0 fully saturated rings. The Balaban J connectivity index is 2.45. The molecule has 0 aliphatic carbocycles. The first-order valence-electron chi connectivity index (χ1n) is 4.06. The van der Waals surface area contributed by atoms with Crippen molar-refractivity contribution in [2.24, 2.45) is 0 Å². The molecule has 2 rings (SSSR count). The smallest absolute Gasteiger partial charge is 0.415 e. The molecule has 0 saturated heterocycles. The average molecular weight is 179 g/mol. The van der Waals surface area contributed by atoms with Crippen molar-refractivity contribution < 1.29 is 9.53 Å². The van der Waals surface area contributed by atoms with Crippen molar-refractivity contribution >= 4 is 11.9 Å². The van der Waals surface area contributed by atoms with Crippen LogP contribution in [0.3, 0.4) is 0 Å². The third kappa shape index (κ3) is 1.22. The van der Waals surface area contributed by atoms with E-state index in [0.717, 1.165) is 5.56 Å². The van der Waals surface area contributed by atoms with E-state index in [1.807, 2.05) is 6.92 Å². The van der Waals surface area contributed by atoms with Gasteiger partial charge in [0.05, 0.1) is 5.56 Å². The van der Waals surface area contributed by atoms with Crippen molar-refractivity contribution in [2.75, 3.05) is 11.4 Å². The summed E-state index contributed by atoms with van der Waals surface area (Å²) in [4.78, 5) is 20.6. The van der Waals surface area contributed by atoms with Crippen LogP contribution in [0.15, 0.2) is 12.5 Å². The maximum Gasteiger partial charge on any atom is 0.415 e. The summed E-state index contributed by atoms with van der Waals surface area (Å²) in [7, 11) is 0. The molecule has 68 valence electrons. The molecule has 0 atom stereocenters. The van der Waals surface area contributed by atoms with E-state index in [-0.39, 0.29) is 12.7 Å². The minimum Gasteiger partial charge on any atom is -0.444 e. The van der Waals surface area contributed by atoms with E-state index >= 15 is 0 Å². The van der Waals surface area contributed by atoms with Gasteiger partial charge in [-0.2, -0.15) is 0 Å². The Morgan fingerprint density at radius 1 is 1.69 bits per heavy atom. The first-order chi connectivity index (χ1) is 6.33. The number of fused-ring (bicyclic) bond motifs is 1. The minimum absolute atomic E-state index is 0.269. The van der Waals surface area contributed by atoms with Crippen molar-refractivity contribution in [1.29, 1.82) is 0 Å². The lowest BCUT2D eigenvalue weighted by atomic mass is 10.3. The van der Waals surface area contributed by atoms with Crippen LogP contribution >= 0.6 is 0 Å². The highest BCUT2D eigenvalue weighted by Crippen LogP contribution is 2.22. The Kier molecular flexibility index (Phi) is 1.84. The van der Waals surface area contributed by atoms with Crippen LogP contribution in [0, 0.1) is 0 Å². The molecule has 1 aliphatic rings. The molecular weight excluding hydrogens is 170 g/mol. The predicted molar refractivity (Wildman–Crippen MR) is 45.2 cm³/mol. The number of anilines is 1. The predicted octanol–water partition coefficient (Wildman–Crippen LogP) is 0.953. The second-order valence-electron chi connectivity index (χ2n) is 2.67. The van der Waals surface area contributed by atoms with Gasteiger partial charge in [-0.05, 0) is 6.92 Å². The maximum atomic E-state index is 11.2. The Labute approximate surface area is 75.4 Å². The van der Waals surface area contributed by atoms with Crippen LogP contribution in [0.4, 0.5) is 10.6 Å². The first-order valence-corrected chi connectivity index (χ1v) is 4.06. The number of hydrogen-bond donors (Lipinski definition) is 0. The second-order valence-corrected chi connectivity index (χ2v) is 2.67. The largest absolute Gasteiger partial charge is 0.444 e. The SMILES string of the molecule is CCN1C(=O)OCc2cncnc21. The van der Waals surface area contributed by atoms with Crippen LogP contribution in [0.25, 0.3) is 0 Å². The lowest BCUT2D eigenvalue weighted by molar-refractivity contribution is 0.141. The van der Waals surface area contributed by atoms with Gasteiger partial charge in [-0.3, -0.25) is 4.90 Å². The number of ether oxygens (including phenoxy) is 1. The van der Waals surface area contributed by atoms with Crippen molar-refractivity contribution in [3.05, 3.63) is 18.1 Å². The summed E-state index contributed by atoms with van der Waals surface area (Å²) in [5, 5.41) is 0. The van der Waals surface area contributed by atoms with Gasteiger partial charge in [-0.25, -0.2) is 14.8 Å². The van der Waals surface area contributed by atoms with Crippen LogP contribution in [0.5, 0.6) is 0 Å². The first kappa shape index (κ1) is 7.97. The van der Waals surface area contributed by atoms with Crippen molar-refractivity contribution in [3.8, 4) is 0 Å². The zero-order valence-electron chi connectivity index (χ0n) is 7.23. The molecule has 0 aromatic carbocycles. The molecule has 0 spiro atoms. The van der Waals surface area contributed by atoms with E-state index < -0.39 is 0 Å². The standard InChI is InChI=1S/C8H9N3O2/c1-2-11-7-6(3-9-5-10-7)4-13-8(11)12/h3,5H,2,4H2,1H3. The van der Waals surface area contributed by atoms with Gasteiger partial charge in [-0.15, -0.1) is 0 Å². The monoisotopic (exact) mass is 179 g/mol. The molecule has 0 radical (unpaired) electrons. The number of carbonyl (C=O) groups is 1. The van der Waals surface area contributed by atoms with Crippen LogP contribution < -0.4 is 4.90 Å². The zero-order chi connectivity index (χ0) is 9.26. The third-order valence-corrected chi connectivity index (χ3v) is 1.91. The lowest BCUT2D eigenvalue weighted by Gasteiger charge is -2.25. The number of hydrogen-bond acceptors (Lipinski definition) is 4. The highest BCUT2D eigenvalue weighted by atomic mass is 16.6. The summed E-state index contributed by atoms with van der Waals surface area (Å²) in [6, 6.07) is 0. The molecule has 13 heavy (non-hydrogen) atoms. The minimum atomic E-state index is -0.339. The summed E-state index contributed by atoms with van der Waals surface area (Å²) in [6.45, 7) is 2.70. The van der Waals surface area contributed by atoms with Crippen LogP contribution in [-0.4, -0.2) is 22.6 Å². The molecule has 2 heterocycles. The lowest BCUT2D eigenvalue weighted by Crippen LogP contribution is -2.36. The summed E-state index contributed by atoms with van der Waals surface area (Å²) in [5.41, 5.74) is 0.851. The molecule has 5 heteroatoms. The Hall–Kier alpha value is -1.65. The molecule has 5 nitrogen and oxygen atoms in total. The van der Waals surface area contributed by atoms with Gasteiger partial charge in [0.1, 0.15) is 18.8 Å². The molecule has 1 aromatic rings. The number of cyclic esters (lactones) is 1. The summed E-state index contributed by atoms with van der Waals surface area (Å²) >= 11 is 0. The van der Waals surface area contributed by atoms with Gasteiger partial charge in [0, 0.05) is 12.7 Å². The number of aromatic nitrogens is 2. The Morgan fingerprint density at radius 3 is 3.31 bits per heavy atom. The number of nitrogens with zero attached hydrogens (tertiary/aromatic N) is 3. The van der Waals surface area contributed by atoms with Gasteiger partial charge in [0.15, 0.2) is 0 Å². The van der Waals surface area contributed by atoms with Gasteiger partial charge in [0.25, 0.3) is 0 Å². The van der Waals surface area contributed by atoms with Gasteiger partial charge >= 0.3 is 6.09 Å². The molecule has 1 amide bonds. The third-order valence-electron chi connectivity index (χ3n) is 1.91. The molecular formula is C8H9N3O2. The van der Waals surface area contributed by atoms with Gasteiger partial charge in [0.2, 0.25) is 0 Å². The highest BCUT2D eigenvalue weighted by molar-refractivity contribution is 5.88. The van der Waals surface area contributed by atoms with Crippen molar-refractivity contribution in [1.82, 2.24) is 9.97 Å². The van der Waals surface area contributed by atoms with E-state index in [0.29, 0.717) is 12.4 Å². The fourth-order valence-electron chi connectivity index (χ4n) is 1.28. The van der Waals surface area contributed by atoms with Gasteiger partial charge in [-0.1, -0.05) is 0 Å². The molecule has 0 unspecified atom stereocenters. The molecule has 0 saturated carbocycles. The highest BCUT2D eigenvalue weighted by Gasteiger charge is 2.25. The summed E-state index contributed by atoms with van der Waals surface area (Å²) < 4.78 is 4.91. The number of carbonyl (C=O) groups excluding carboxylic acids is 1. The Bertz CT molecular complexity index is 340. The molecule has 0 N–H and O–H groups in total. The van der Waals surface area contributed by atoms with Gasteiger partial charge < -0.3 is 4.74 Å². The van der Waals surface area contributed by atoms with E-state index in [1.54, 1.807) is 6.20 Å². The van der Waals surface area contributed by atoms with Crippen LogP contribution in [0.1, 0.15) is 12.5 Å². The quantitative estimate of drug-likeness (QED) is 0.644. The fourth-order valence-corrected chi connectivity index (χ4v) is 1.28. The van der Waals surface area contributed by atoms with Crippen molar-refractivity contribution in [2.45, 2.75) is 13.5 Å². The Morgan fingerprint density at radius 2 is 2.54 bits per heavy atom. The molecule has 0 bridgehead atoms. The average Bonchev–Trinajstić information content (AvgIpc) is 2.18. The van der Waals surface area contributed by atoms with Crippen molar-refractivity contribution in [3.63, 3.8) is 0 Å². The van der Waals surface area contributed by atoms with Crippen LogP contribution in [0.2, 0.25) is 0 Å². The summed E-state index contributed by atoms with van der Waals surface area (Å²) in [5.74, 6) is 0.661. The molecule has 1 aliphatic heterocycles. The van der Waals surface area contributed by atoms with E-state index in [9.17, 15) is 4.79 Å². The number of amides is 1. The second kappa shape index (κ2) is 3.01. The van der Waals surface area contributed by atoms with E-state index in [1.165, 1.54) is 11.2 Å². The normalized spacial score (nSPS) is 15.2. The summed E-state index contributed by atoms with van der Waals surface area (Å²) in [6.07, 6.45) is 2.76. The fraction of sp³-hybridized carbons (Fsp3) is 0.375. The molecule has 1 aromatic heterocycles. The van der Waals surface area contributed by atoms with E-state index in [4.69, 9.17) is 4.74 Å². The number of rotatable bonds is 1.